The molecule has 3 rings (SSSR count). The second kappa shape index (κ2) is 7.97. The fraction of sp³-hybridized carbons (Fsp3) is 0.188. The maximum atomic E-state index is 11.8. The molecule has 0 radical (unpaired) electrons. The molecule has 1 heterocycles. The Labute approximate surface area is 170 Å². The Bertz CT molecular complexity index is 854. The van der Waals surface area contributed by atoms with Crippen molar-refractivity contribution in [2.75, 3.05) is 7.11 Å². The average molecular weight is 450 g/mol. The van der Waals surface area contributed by atoms with E-state index in [9.17, 15) is 4.79 Å². The maximum Gasteiger partial charge on any atom is 0.366 e. The van der Waals surface area contributed by atoms with Crippen LogP contribution < -0.4 is 14.1 Å². The van der Waals surface area contributed by atoms with Crippen LogP contribution in [0.1, 0.15) is 6.92 Å². The summed E-state index contributed by atoms with van der Waals surface area (Å²) in [6, 6.07) is 9.69. The first kappa shape index (κ1) is 19.8. The first-order valence-corrected chi connectivity index (χ1v) is 11.6. The van der Waals surface area contributed by atoms with Gasteiger partial charge in [-0.25, -0.2) is 5.09 Å². The average Bonchev–Trinajstić information content (AvgIpc) is 2.57. The molecular weight excluding hydrogens is 436 g/mol. The largest absolute Gasteiger partial charge is 0.468 e. The van der Waals surface area contributed by atoms with Crippen molar-refractivity contribution in [1.82, 2.24) is 5.09 Å². The lowest BCUT2D eigenvalue weighted by Gasteiger charge is -2.29. The Morgan fingerprint density at radius 2 is 1.65 bits per heavy atom. The number of ether oxygens (including phenoxy) is 1. The Hall–Kier alpha value is -0.950. The molecule has 5 nitrogen and oxygen atoms in total. The van der Waals surface area contributed by atoms with E-state index < -0.39 is 18.7 Å². The highest BCUT2D eigenvalue weighted by Gasteiger charge is 2.32. The summed E-state index contributed by atoms with van der Waals surface area (Å²) >= 11 is 19.3. The predicted molar refractivity (Wildman–Crippen MR) is 107 cm³/mol. The third kappa shape index (κ3) is 4.47. The van der Waals surface area contributed by atoms with Crippen molar-refractivity contribution < 1.29 is 18.6 Å². The van der Waals surface area contributed by atoms with Crippen molar-refractivity contribution in [3.05, 3.63) is 46.4 Å². The molecule has 0 aliphatic carbocycles. The summed E-state index contributed by atoms with van der Waals surface area (Å²) in [7, 11) is 1.31. The molecule has 0 spiro atoms. The zero-order valence-corrected chi connectivity index (χ0v) is 17.7. The van der Waals surface area contributed by atoms with Gasteiger partial charge < -0.3 is 13.8 Å². The van der Waals surface area contributed by atoms with Crippen LogP contribution in [0, 0.1) is 0 Å². The molecule has 1 N–H and O–H groups in total. The summed E-state index contributed by atoms with van der Waals surface area (Å²) in [6.45, 7) is -1.49. The number of carbonyl (C=O) groups excluding carboxylic acids is 1. The quantitative estimate of drug-likeness (QED) is 0.504. The number of esters is 1. The minimum absolute atomic E-state index is 0.467. The molecule has 1 aliphatic heterocycles. The molecule has 0 unspecified atom stereocenters. The molecule has 1 aliphatic rings. The Morgan fingerprint density at radius 1 is 1.15 bits per heavy atom. The molecule has 0 bridgehead atoms. The first-order chi connectivity index (χ1) is 12.3. The van der Waals surface area contributed by atoms with Gasteiger partial charge in [-0.3, -0.25) is 4.79 Å². The molecule has 0 aromatic heterocycles. The van der Waals surface area contributed by atoms with E-state index in [1.807, 2.05) is 0 Å². The third-order valence-electron chi connectivity index (χ3n) is 3.37. The Balaban J connectivity index is 2.07. The van der Waals surface area contributed by atoms with Gasteiger partial charge in [0.05, 0.1) is 16.9 Å². The van der Waals surface area contributed by atoms with E-state index in [4.69, 9.17) is 48.8 Å². The van der Waals surface area contributed by atoms with Gasteiger partial charge in [-0.15, -0.1) is 0 Å². The standard InChI is InChI=1S/C16H14Cl2NO4PS2/c1-9(16(20)21-2)19-24(25)22-12-5-3-10(17)7-14(12)26-15-8-11(18)4-6-13(15)23-24/h3-9H,1-2H3,(H,19,25)/t9-/m0/s1. The lowest BCUT2D eigenvalue weighted by atomic mass is 10.3. The van der Waals surface area contributed by atoms with Crippen molar-refractivity contribution in [2.24, 2.45) is 0 Å². The predicted octanol–water partition coefficient (Wildman–Crippen LogP) is 5.29. The van der Waals surface area contributed by atoms with Gasteiger partial charge in [-0.2, -0.15) is 0 Å². The van der Waals surface area contributed by atoms with Crippen LogP contribution in [0.15, 0.2) is 46.2 Å². The minimum atomic E-state index is -3.12. The van der Waals surface area contributed by atoms with Gasteiger partial charge >= 0.3 is 12.6 Å². The number of benzene rings is 2. The number of hydrogen-bond acceptors (Lipinski definition) is 6. The Morgan fingerprint density at radius 3 is 2.12 bits per heavy atom. The number of hydrogen-bond donors (Lipinski definition) is 1. The molecule has 138 valence electrons. The molecule has 2 aromatic rings. The normalized spacial score (nSPS) is 16.0. The van der Waals surface area contributed by atoms with Gasteiger partial charge in [-0.1, -0.05) is 35.0 Å². The van der Waals surface area contributed by atoms with E-state index in [1.54, 1.807) is 43.3 Å². The van der Waals surface area contributed by atoms with E-state index in [0.717, 1.165) is 9.79 Å². The lowest BCUT2D eigenvalue weighted by Crippen LogP contribution is -2.35. The zero-order valence-electron chi connectivity index (χ0n) is 13.7. The minimum Gasteiger partial charge on any atom is -0.468 e. The van der Waals surface area contributed by atoms with E-state index in [1.165, 1.54) is 18.9 Å². The van der Waals surface area contributed by atoms with Crippen molar-refractivity contribution in [3.63, 3.8) is 0 Å². The van der Waals surface area contributed by atoms with Gasteiger partial charge in [0, 0.05) is 21.9 Å². The van der Waals surface area contributed by atoms with Gasteiger partial charge in [0.25, 0.3) is 0 Å². The third-order valence-corrected chi connectivity index (χ3v) is 7.26. The number of methoxy groups -OCH3 is 1. The smallest absolute Gasteiger partial charge is 0.366 e. The summed E-state index contributed by atoms with van der Waals surface area (Å²) in [5.41, 5.74) is 0. The van der Waals surface area contributed by atoms with Crippen LogP contribution in [0.2, 0.25) is 10.0 Å². The summed E-state index contributed by atoms with van der Waals surface area (Å²) in [4.78, 5) is 13.3. The maximum absolute atomic E-state index is 11.8. The summed E-state index contributed by atoms with van der Waals surface area (Å²) < 4.78 is 16.8. The fourth-order valence-corrected chi connectivity index (χ4v) is 6.33. The summed E-state index contributed by atoms with van der Waals surface area (Å²) in [5.74, 6) is 0.557. The van der Waals surface area contributed by atoms with Crippen molar-refractivity contribution in [1.29, 1.82) is 0 Å². The number of fused-ring (bicyclic) bond motifs is 2. The molecular formula is C16H14Cl2NO4PS2. The Kier molecular flexibility index (Phi) is 6.07. The number of halogens is 2. The summed E-state index contributed by atoms with van der Waals surface area (Å²) in [5, 5.41) is 4.08. The van der Waals surface area contributed by atoms with Gasteiger partial charge in [0.1, 0.15) is 17.5 Å². The second-order valence-electron chi connectivity index (χ2n) is 5.34. The fourth-order valence-electron chi connectivity index (χ4n) is 2.19. The number of nitrogens with one attached hydrogen (secondary N) is 1. The second-order valence-corrected chi connectivity index (χ2v) is 10.4. The lowest BCUT2D eigenvalue weighted by molar-refractivity contribution is -0.142. The molecule has 0 saturated heterocycles. The van der Waals surface area contributed by atoms with Crippen LogP contribution in [0.25, 0.3) is 0 Å². The van der Waals surface area contributed by atoms with Crippen LogP contribution in [-0.2, 0) is 21.3 Å². The monoisotopic (exact) mass is 449 g/mol. The molecule has 0 saturated carbocycles. The van der Waals surface area contributed by atoms with Gasteiger partial charge in [0.2, 0.25) is 0 Å². The van der Waals surface area contributed by atoms with Crippen LogP contribution >= 0.6 is 41.6 Å². The zero-order chi connectivity index (χ0) is 18.9. The molecule has 26 heavy (non-hydrogen) atoms. The summed E-state index contributed by atoms with van der Waals surface area (Å²) in [6.07, 6.45) is 0. The van der Waals surface area contributed by atoms with Gasteiger partial charge in [0.15, 0.2) is 0 Å². The van der Waals surface area contributed by atoms with E-state index >= 15 is 0 Å². The SMILES string of the molecule is COC(=O)[C@H](C)NP1(=S)Oc2ccc(Cl)cc2Sc2cc(Cl)ccc2O1. The molecule has 1 atom stereocenters. The topological polar surface area (TPSA) is 56.8 Å². The van der Waals surface area contributed by atoms with E-state index in [0.29, 0.717) is 21.5 Å². The molecule has 0 amide bonds. The van der Waals surface area contributed by atoms with Gasteiger partial charge in [-0.05, 0) is 43.3 Å². The molecule has 2 aromatic carbocycles. The van der Waals surface area contributed by atoms with E-state index in [-0.39, 0.29) is 0 Å². The highest BCUT2D eigenvalue weighted by atomic mass is 35.5. The highest BCUT2D eigenvalue weighted by molar-refractivity contribution is 8.09. The number of carbonyl (C=O) groups is 1. The molecule has 10 heteroatoms. The van der Waals surface area contributed by atoms with Crippen LogP contribution in [-0.4, -0.2) is 19.1 Å². The molecule has 0 fully saturated rings. The highest BCUT2D eigenvalue weighted by Crippen LogP contribution is 2.54. The van der Waals surface area contributed by atoms with Crippen molar-refractivity contribution in [3.8, 4) is 11.5 Å². The van der Waals surface area contributed by atoms with E-state index in [2.05, 4.69) is 5.09 Å². The number of rotatable bonds is 3. The van der Waals surface area contributed by atoms with Crippen LogP contribution in [0.4, 0.5) is 0 Å². The van der Waals surface area contributed by atoms with Crippen LogP contribution in [0.3, 0.4) is 0 Å². The van der Waals surface area contributed by atoms with Crippen LogP contribution in [0.5, 0.6) is 11.5 Å². The first-order valence-electron chi connectivity index (χ1n) is 7.41. The van der Waals surface area contributed by atoms with Crippen molar-refractivity contribution in [2.45, 2.75) is 22.8 Å². The van der Waals surface area contributed by atoms with Crippen molar-refractivity contribution >= 4 is 59.4 Å².